The zero-order valence-electron chi connectivity index (χ0n) is 45.6. The van der Waals surface area contributed by atoms with Crippen LogP contribution in [0.2, 0.25) is 0 Å². The second kappa shape index (κ2) is 57.4. The molecule has 0 radical (unpaired) electrons. The van der Waals surface area contributed by atoms with Crippen molar-refractivity contribution in [3.05, 3.63) is 72.9 Å². The summed E-state index contributed by atoms with van der Waals surface area (Å²) in [6.07, 6.45) is 73.3. The Morgan fingerprint density at radius 1 is 0.304 bits per heavy atom. The van der Waals surface area contributed by atoms with E-state index in [-0.39, 0.29) is 31.1 Å². The molecule has 0 amide bonds. The van der Waals surface area contributed by atoms with Gasteiger partial charge in [-0.1, -0.05) is 254 Å². The van der Waals surface area contributed by atoms with Gasteiger partial charge >= 0.3 is 17.9 Å². The molecule has 0 aromatic carbocycles. The number of carbonyl (C=O) groups excluding carboxylic acids is 3. The first-order chi connectivity index (χ1) is 34.0. The largest absolute Gasteiger partial charge is 0.462 e. The van der Waals surface area contributed by atoms with Gasteiger partial charge < -0.3 is 14.2 Å². The summed E-state index contributed by atoms with van der Waals surface area (Å²) in [7, 11) is 0. The van der Waals surface area contributed by atoms with E-state index in [2.05, 4.69) is 93.7 Å². The molecule has 0 aliphatic rings. The van der Waals surface area contributed by atoms with E-state index in [1.807, 2.05) is 0 Å². The number of unbranched alkanes of at least 4 members (excludes halogenated alkanes) is 30. The van der Waals surface area contributed by atoms with Gasteiger partial charge in [0.1, 0.15) is 13.2 Å². The van der Waals surface area contributed by atoms with Crippen LogP contribution in [0.5, 0.6) is 0 Å². The molecule has 0 N–H and O–H groups in total. The van der Waals surface area contributed by atoms with Gasteiger partial charge in [0.2, 0.25) is 0 Å². The first-order valence-corrected chi connectivity index (χ1v) is 29.4. The molecule has 0 fully saturated rings. The minimum Gasteiger partial charge on any atom is -0.462 e. The molecule has 0 aliphatic heterocycles. The number of rotatable bonds is 53. The first kappa shape index (κ1) is 65.8. The quantitative estimate of drug-likeness (QED) is 0.0262. The first-order valence-electron chi connectivity index (χ1n) is 29.4. The highest BCUT2D eigenvalue weighted by atomic mass is 16.6. The van der Waals surface area contributed by atoms with Crippen molar-refractivity contribution in [2.45, 2.75) is 297 Å². The summed E-state index contributed by atoms with van der Waals surface area (Å²) >= 11 is 0. The third-order valence-electron chi connectivity index (χ3n) is 12.7. The summed E-state index contributed by atoms with van der Waals surface area (Å²) in [5.41, 5.74) is 0. The molecule has 0 heterocycles. The Morgan fingerprint density at radius 2 is 0.565 bits per heavy atom. The molecule has 0 saturated heterocycles. The summed E-state index contributed by atoms with van der Waals surface area (Å²) < 4.78 is 16.8. The lowest BCUT2D eigenvalue weighted by Crippen LogP contribution is -2.30. The Morgan fingerprint density at radius 3 is 0.913 bits per heavy atom. The van der Waals surface area contributed by atoms with Crippen LogP contribution in [-0.2, 0) is 28.6 Å². The topological polar surface area (TPSA) is 78.9 Å². The van der Waals surface area contributed by atoms with Gasteiger partial charge in [0.05, 0.1) is 0 Å². The van der Waals surface area contributed by atoms with Crippen LogP contribution in [0.3, 0.4) is 0 Å². The van der Waals surface area contributed by atoms with Crippen LogP contribution in [0.25, 0.3) is 0 Å². The fourth-order valence-corrected chi connectivity index (χ4v) is 8.29. The molecule has 1 atom stereocenters. The van der Waals surface area contributed by atoms with Gasteiger partial charge in [-0.15, -0.1) is 0 Å². The molecular weight excluding hydrogens is 853 g/mol. The molecule has 0 aromatic heterocycles. The lowest BCUT2D eigenvalue weighted by molar-refractivity contribution is -0.167. The lowest BCUT2D eigenvalue weighted by Gasteiger charge is -2.18. The van der Waals surface area contributed by atoms with Gasteiger partial charge in [-0.25, -0.2) is 0 Å². The minimum atomic E-state index is -0.777. The highest BCUT2D eigenvalue weighted by Gasteiger charge is 2.19. The molecule has 0 aromatic rings. The predicted molar refractivity (Wildman–Crippen MR) is 298 cm³/mol. The average molecular weight is 964 g/mol. The monoisotopic (exact) mass is 963 g/mol. The maximum Gasteiger partial charge on any atom is 0.306 e. The molecule has 0 saturated carbocycles. The van der Waals surface area contributed by atoms with Crippen LogP contribution in [0.4, 0.5) is 0 Å². The maximum atomic E-state index is 12.8. The molecule has 398 valence electrons. The molecule has 0 aliphatic carbocycles. The Balaban J connectivity index is 4.22. The summed E-state index contributed by atoms with van der Waals surface area (Å²) in [6, 6.07) is 0. The van der Waals surface area contributed by atoms with Crippen LogP contribution in [0, 0.1) is 0 Å². The molecule has 0 spiro atoms. The smallest absolute Gasteiger partial charge is 0.306 e. The Bertz CT molecular complexity index is 1290. The van der Waals surface area contributed by atoms with Crippen molar-refractivity contribution in [1.82, 2.24) is 0 Å². The van der Waals surface area contributed by atoms with Crippen molar-refractivity contribution >= 4 is 17.9 Å². The Labute approximate surface area is 427 Å². The van der Waals surface area contributed by atoms with Crippen LogP contribution in [0.1, 0.15) is 290 Å². The summed E-state index contributed by atoms with van der Waals surface area (Å²) in [5.74, 6) is -0.880. The van der Waals surface area contributed by atoms with Crippen LogP contribution in [-0.4, -0.2) is 37.2 Å². The number of esters is 3. The van der Waals surface area contributed by atoms with Gasteiger partial charge in [-0.3, -0.25) is 14.4 Å². The summed E-state index contributed by atoms with van der Waals surface area (Å²) in [6.45, 7) is 6.50. The predicted octanol–water partition coefficient (Wildman–Crippen LogP) is 19.8. The van der Waals surface area contributed by atoms with E-state index in [0.717, 1.165) is 96.3 Å². The second-order valence-corrected chi connectivity index (χ2v) is 19.5. The third-order valence-corrected chi connectivity index (χ3v) is 12.7. The van der Waals surface area contributed by atoms with E-state index < -0.39 is 6.10 Å². The Kier molecular flexibility index (Phi) is 54.8. The standard InChI is InChI=1S/C63H110O6/c1-4-7-10-13-16-19-21-23-25-27-28-29-30-31-32-33-34-36-37-39-41-44-47-50-53-56-62(65)68-59-60(58-67-61(64)55-52-49-46-43-18-15-12-9-6-3)69-63(66)57-54-51-48-45-42-40-38-35-26-24-22-20-17-14-11-8-5-2/h7,10,16-17,19-20,23-26,28-29,60H,4-6,8-9,11-15,18,21-22,27,30-59H2,1-3H3/b10-7-,19-16-,20-17-,25-23-,26-24-,29-28-. The van der Waals surface area contributed by atoms with Crippen molar-refractivity contribution in [3.8, 4) is 0 Å². The molecule has 69 heavy (non-hydrogen) atoms. The van der Waals surface area contributed by atoms with Gasteiger partial charge in [-0.2, -0.15) is 0 Å². The fourth-order valence-electron chi connectivity index (χ4n) is 8.29. The van der Waals surface area contributed by atoms with Gasteiger partial charge in [0.25, 0.3) is 0 Å². The minimum absolute atomic E-state index is 0.0765. The number of hydrogen-bond donors (Lipinski definition) is 0. The van der Waals surface area contributed by atoms with Crippen LogP contribution < -0.4 is 0 Å². The van der Waals surface area contributed by atoms with E-state index in [1.165, 1.54) is 154 Å². The highest BCUT2D eigenvalue weighted by Crippen LogP contribution is 2.16. The van der Waals surface area contributed by atoms with Gasteiger partial charge in [0, 0.05) is 19.3 Å². The third kappa shape index (κ3) is 55.6. The maximum absolute atomic E-state index is 12.8. The van der Waals surface area contributed by atoms with Crippen molar-refractivity contribution in [2.24, 2.45) is 0 Å². The number of allylic oxidation sites excluding steroid dienone is 12. The SMILES string of the molecule is CC/C=C\C/C=C\C/C=C\C/C=C\CCCCCCCCCCCCCCC(=O)OCC(COC(=O)CCCCCCCCCCC)OC(=O)CCCCCCCCC/C=C\C/C=C\CCCCC. The molecule has 0 bridgehead atoms. The zero-order valence-corrected chi connectivity index (χ0v) is 45.6. The van der Waals surface area contributed by atoms with Crippen molar-refractivity contribution in [2.75, 3.05) is 13.2 Å². The van der Waals surface area contributed by atoms with Crippen molar-refractivity contribution < 1.29 is 28.6 Å². The fraction of sp³-hybridized carbons (Fsp3) is 0.762. The molecular formula is C63H110O6. The molecule has 6 nitrogen and oxygen atoms in total. The van der Waals surface area contributed by atoms with Crippen molar-refractivity contribution in [1.29, 1.82) is 0 Å². The van der Waals surface area contributed by atoms with Gasteiger partial charge in [0.15, 0.2) is 6.10 Å². The summed E-state index contributed by atoms with van der Waals surface area (Å²) in [5, 5.41) is 0. The second-order valence-electron chi connectivity index (χ2n) is 19.5. The highest BCUT2D eigenvalue weighted by molar-refractivity contribution is 5.71. The number of ether oxygens (including phenoxy) is 3. The lowest BCUT2D eigenvalue weighted by atomic mass is 10.0. The number of carbonyl (C=O) groups is 3. The van der Waals surface area contributed by atoms with E-state index >= 15 is 0 Å². The van der Waals surface area contributed by atoms with E-state index in [9.17, 15) is 14.4 Å². The van der Waals surface area contributed by atoms with E-state index in [0.29, 0.717) is 19.3 Å². The molecule has 1 unspecified atom stereocenters. The van der Waals surface area contributed by atoms with E-state index in [1.54, 1.807) is 0 Å². The average Bonchev–Trinajstić information content (AvgIpc) is 3.35. The molecule has 0 rings (SSSR count). The van der Waals surface area contributed by atoms with E-state index in [4.69, 9.17) is 14.2 Å². The number of hydrogen-bond acceptors (Lipinski definition) is 6. The summed E-state index contributed by atoms with van der Waals surface area (Å²) in [4.78, 5) is 38.1. The zero-order chi connectivity index (χ0) is 50.0. The molecule has 6 heteroatoms. The van der Waals surface area contributed by atoms with Crippen LogP contribution >= 0.6 is 0 Å². The Hall–Kier alpha value is -3.15. The van der Waals surface area contributed by atoms with Crippen molar-refractivity contribution in [3.63, 3.8) is 0 Å². The normalized spacial score (nSPS) is 12.6. The van der Waals surface area contributed by atoms with Crippen LogP contribution in [0.15, 0.2) is 72.9 Å². The van der Waals surface area contributed by atoms with Gasteiger partial charge in [-0.05, 0) is 89.9 Å².